The molecule has 0 aromatic heterocycles. The Morgan fingerprint density at radius 2 is 1.93 bits per heavy atom. The van der Waals surface area contributed by atoms with Gasteiger partial charge in [0.2, 0.25) is 5.91 Å². The van der Waals surface area contributed by atoms with Gasteiger partial charge in [-0.15, -0.1) is 0 Å². The van der Waals surface area contributed by atoms with E-state index >= 15 is 0 Å². The highest BCUT2D eigenvalue weighted by Crippen LogP contribution is 2.24. The van der Waals surface area contributed by atoms with Crippen molar-refractivity contribution in [2.75, 3.05) is 66.0 Å². The van der Waals surface area contributed by atoms with Crippen molar-refractivity contribution >= 4 is 11.9 Å². The summed E-state index contributed by atoms with van der Waals surface area (Å²) in [6.45, 7) is 11.5. The summed E-state index contributed by atoms with van der Waals surface area (Å²) in [6.07, 6.45) is 0.0770. The fourth-order valence-corrected chi connectivity index (χ4v) is 3.92. The summed E-state index contributed by atoms with van der Waals surface area (Å²) >= 11 is 0. The summed E-state index contributed by atoms with van der Waals surface area (Å²) in [6, 6.07) is 8.43. The van der Waals surface area contributed by atoms with Crippen molar-refractivity contribution < 1.29 is 9.53 Å². The number of nitrogens with zero attached hydrogens (tertiary/aromatic N) is 4. The largest absolute Gasteiger partial charge is 0.370 e. The van der Waals surface area contributed by atoms with Crippen molar-refractivity contribution in [3.05, 3.63) is 35.4 Å². The summed E-state index contributed by atoms with van der Waals surface area (Å²) in [5.41, 5.74) is 2.52. The molecule has 0 bridgehead atoms. The second-order valence-corrected chi connectivity index (χ2v) is 7.48. The van der Waals surface area contributed by atoms with Gasteiger partial charge in [0.1, 0.15) is 6.10 Å². The molecule has 0 aliphatic carbocycles. The molecule has 2 aliphatic heterocycles. The number of carbonyl (C=O) groups is 1. The third kappa shape index (κ3) is 5.23. The molecule has 0 saturated carbocycles. The van der Waals surface area contributed by atoms with Crippen LogP contribution in [-0.4, -0.2) is 92.6 Å². The van der Waals surface area contributed by atoms with Crippen LogP contribution in [0.4, 0.5) is 0 Å². The molecule has 2 heterocycles. The number of hydrogen-bond donors (Lipinski definition) is 1. The van der Waals surface area contributed by atoms with E-state index in [0.717, 1.165) is 58.3 Å². The van der Waals surface area contributed by atoms with Crippen LogP contribution < -0.4 is 5.32 Å². The van der Waals surface area contributed by atoms with E-state index in [0.29, 0.717) is 6.61 Å². The number of aryl methyl sites for hydroxylation is 1. The molecule has 2 aliphatic rings. The van der Waals surface area contributed by atoms with E-state index in [1.54, 1.807) is 6.92 Å². The van der Waals surface area contributed by atoms with Gasteiger partial charge in [-0.05, 0) is 18.1 Å². The predicted octanol–water partition coefficient (Wildman–Crippen LogP) is 1.11. The van der Waals surface area contributed by atoms with Crippen molar-refractivity contribution in [2.45, 2.75) is 20.0 Å². The van der Waals surface area contributed by atoms with Crippen molar-refractivity contribution in [1.29, 1.82) is 0 Å². The highest BCUT2D eigenvalue weighted by atomic mass is 16.5. The second-order valence-electron chi connectivity index (χ2n) is 7.48. The van der Waals surface area contributed by atoms with Crippen LogP contribution in [0.1, 0.15) is 24.2 Å². The monoisotopic (exact) mass is 387 g/mol. The zero-order valence-corrected chi connectivity index (χ0v) is 17.4. The molecule has 2 saturated heterocycles. The first-order chi connectivity index (χ1) is 13.6. The van der Waals surface area contributed by atoms with Gasteiger partial charge >= 0.3 is 0 Å². The van der Waals surface area contributed by atoms with Crippen LogP contribution in [0.5, 0.6) is 0 Å². The number of ether oxygens (including phenoxy) is 1. The lowest BCUT2D eigenvalue weighted by Crippen LogP contribution is -2.52. The first kappa shape index (κ1) is 20.6. The molecule has 3 rings (SSSR count). The van der Waals surface area contributed by atoms with Crippen molar-refractivity contribution in [2.24, 2.45) is 4.99 Å². The Morgan fingerprint density at radius 1 is 1.18 bits per heavy atom. The smallest absolute Gasteiger partial charge is 0.219 e. The summed E-state index contributed by atoms with van der Waals surface area (Å²) in [4.78, 5) is 22.5. The summed E-state index contributed by atoms with van der Waals surface area (Å²) in [5.74, 6) is 1.11. The Bertz CT molecular complexity index is 685. The van der Waals surface area contributed by atoms with Crippen LogP contribution in [0.3, 0.4) is 0 Å². The van der Waals surface area contributed by atoms with E-state index in [-0.39, 0.29) is 12.0 Å². The highest BCUT2D eigenvalue weighted by molar-refractivity contribution is 5.80. The van der Waals surface area contributed by atoms with E-state index < -0.39 is 0 Å². The maximum Gasteiger partial charge on any atom is 0.219 e. The molecule has 28 heavy (non-hydrogen) atoms. The third-order valence-corrected chi connectivity index (χ3v) is 5.64. The van der Waals surface area contributed by atoms with Crippen LogP contribution in [0.25, 0.3) is 0 Å². The van der Waals surface area contributed by atoms with E-state index in [1.165, 1.54) is 11.1 Å². The predicted molar refractivity (Wildman–Crippen MR) is 112 cm³/mol. The number of benzene rings is 1. The molecule has 2 fully saturated rings. The standard InChI is InChI=1S/C21H33N5O2/c1-17-6-4-5-7-19(17)20-16-26(14-15-28-20)21(22-3)23-8-9-24-10-12-25(13-11-24)18(2)27/h4-7,20H,8-16H2,1-3H3,(H,22,23). The molecule has 1 amide bonds. The van der Waals surface area contributed by atoms with E-state index in [4.69, 9.17) is 4.74 Å². The van der Waals surface area contributed by atoms with Crippen LogP contribution in [0.2, 0.25) is 0 Å². The molecule has 1 unspecified atom stereocenters. The van der Waals surface area contributed by atoms with Crippen molar-refractivity contribution in [1.82, 2.24) is 20.0 Å². The first-order valence-electron chi connectivity index (χ1n) is 10.2. The van der Waals surface area contributed by atoms with Gasteiger partial charge < -0.3 is 19.9 Å². The van der Waals surface area contributed by atoms with E-state index in [1.807, 2.05) is 11.9 Å². The van der Waals surface area contributed by atoms with Gasteiger partial charge in [0, 0.05) is 59.8 Å². The summed E-state index contributed by atoms with van der Waals surface area (Å²) in [5, 5.41) is 3.51. The Balaban J connectivity index is 1.47. The molecular formula is C21H33N5O2. The van der Waals surface area contributed by atoms with Gasteiger partial charge in [-0.25, -0.2) is 0 Å². The number of amides is 1. The Morgan fingerprint density at radius 3 is 2.61 bits per heavy atom. The van der Waals surface area contributed by atoms with Gasteiger partial charge in [0.15, 0.2) is 5.96 Å². The summed E-state index contributed by atoms with van der Waals surface area (Å²) < 4.78 is 6.03. The topological polar surface area (TPSA) is 60.4 Å². The zero-order chi connectivity index (χ0) is 19.9. The zero-order valence-electron chi connectivity index (χ0n) is 17.4. The molecule has 7 nitrogen and oxygen atoms in total. The van der Waals surface area contributed by atoms with Gasteiger partial charge in [-0.1, -0.05) is 24.3 Å². The van der Waals surface area contributed by atoms with Crippen LogP contribution in [0.15, 0.2) is 29.3 Å². The van der Waals surface area contributed by atoms with Crippen molar-refractivity contribution in [3.63, 3.8) is 0 Å². The number of guanidine groups is 1. The maximum absolute atomic E-state index is 11.4. The Kier molecular flexibility index (Phi) is 7.28. The Labute approximate surface area is 168 Å². The number of morpholine rings is 1. The van der Waals surface area contributed by atoms with E-state index in [9.17, 15) is 4.79 Å². The molecule has 1 aromatic carbocycles. The lowest BCUT2D eigenvalue weighted by molar-refractivity contribution is -0.130. The molecule has 1 atom stereocenters. The average molecular weight is 388 g/mol. The number of piperazine rings is 1. The number of rotatable bonds is 4. The minimum absolute atomic E-state index is 0.0770. The Hall–Kier alpha value is -2.12. The van der Waals surface area contributed by atoms with Crippen molar-refractivity contribution in [3.8, 4) is 0 Å². The van der Waals surface area contributed by atoms with Crippen LogP contribution in [0, 0.1) is 6.92 Å². The maximum atomic E-state index is 11.4. The fraction of sp³-hybridized carbons (Fsp3) is 0.619. The average Bonchev–Trinajstić information content (AvgIpc) is 2.72. The molecule has 0 radical (unpaired) electrons. The van der Waals surface area contributed by atoms with Gasteiger partial charge in [-0.3, -0.25) is 14.7 Å². The van der Waals surface area contributed by atoms with E-state index in [2.05, 4.69) is 51.3 Å². The number of hydrogen-bond acceptors (Lipinski definition) is 4. The molecule has 7 heteroatoms. The van der Waals surface area contributed by atoms with Gasteiger partial charge in [0.25, 0.3) is 0 Å². The normalized spacial score (nSPS) is 21.7. The lowest BCUT2D eigenvalue weighted by atomic mass is 10.0. The fourth-order valence-electron chi connectivity index (χ4n) is 3.92. The molecule has 1 aromatic rings. The first-order valence-corrected chi connectivity index (χ1v) is 10.2. The quantitative estimate of drug-likeness (QED) is 0.620. The molecular weight excluding hydrogens is 354 g/mol. The van der Waals surface area contributed by atoms with Gasteiger partial charge in [0.05, 0.1) is 13.2 Å². The minimum Gasteiger partial charge on any atom is -0.370 e. The molecule has 0 spiro atoms. The van der Waals surface area contributed by atoms with Gasteiger partial charge in [-0.2, -0.15) is 0 Å². The van der Waals surface area contributed by atoms with Crippen LogP contribution >= 0.6 is 0 Å². The summed E-state index contributed by atoms with van der Waals surface area (Å²) in [7, 11) is 1.84. The second kappa shape index (κ2) is 9.89. The minimum atomic E-state index is 0.0770. The molecule has 154 valence electrons. The lowest BCUT2D eigenvalue weighted by Gasteiger charge is -2.37. The van der Waals surface area contributed by atoms with Crippen LogP contribution in [-0.2, 0) is 9.53 Å². The third-order valence-electron chi connectivity index (χ3n) is 5.64. The number of nitrogens with one attached hydrogen (secondary N) is 1. The number of aliphatic imine (C=N–C) groups is 1. The molecule has 1 N–H and O–H groups in total. The number of carbonyl (C=O) groups excluding carboxylic acids is 1. The highest BCUT2D eigenvalue weighted by Gasteiger charge is 2.25. The SMILES string of the molecule is CN=C(NCCN1CCN(C(C)=O)CC1)N1CCOC(c2ccccc2C)C1.